The van der Waals surface area contributed by atoms with E-state index in [4.69, 9.17) is 0 Å². The molecule has 2 rings (SSSR count). The Hall–Kier alpha value is -1.33. The topological polar surface area (TPSA) is 12.0 Å². The summed E-state index contributed by atoms with van der Waals surface area (Å²) >= 11 is 0. The number of hydrogen-bond donors (Lipinski definition) is 1. The summed E-state index contributed by atoms with van der Waals surface area (Å²) in [7, 11) is 4.72. The van der Waals surface area contributed by atoms with Crippen molar-refractivity contribution in [2.45, 2.75) is 13.8 Å². The molecule has 0 aliphatic rings. The van der Waals surface area contributed by atoms with Gasteiger partial charge in [0, 0.05) is 18.3 Å². The maximum absolute atomic E-state index is 3.21. The number of para-hydroxylation sites is 1. The van der Waals surface area contributed by atoms with E-state index in [-0.39, 0.29) is 0 Å². The first-order chi connectivity index (χ1) is 8.33. The molecule has 0 heterocycles. The summed E-state index contributed by atoms with van der Waals surface area (Å²) in [5, 5.41) is 4.43. The number of anilines is 1. The summed E-state index contributed by atoms with van der Waals surface area (Å²) < 4.78 is 0. The third-order valence-corrected chi connectivity index (χ3v) is 2.95. The summed E-state index contributed by atoms with van der Waals surface area (Å²) in [5.41, 5.74) is 3.66. The lowest BCUT2D eigenvalue weighted by Gasteiger charge is -2.10. The Kier molecular flexibility index (Phi) is 5.72. The molecule has 0 bridgehead atoms. The summed E-state index contributed by atoms with van der Waals surface area (Å²) in [5.74, 6) is 0. The van der Waals surface area contributed by atoms with Crippen LogP contribution in [0.3, 0.4) is 0 Å². The van der Waals surface area contributed by atoms with Crippen molar-refractivity contribution in [1.82, 2.24) is 0 Å². The van der Waals surface area contributed by atoms with Gasteiger partial charge in [0.25, 0.3) is 0 Å². The van der Waals surface area contributed by atoms with Gasteiger partial charge in [-0.15, -0.1) is 9.24 Å². The number of benzene rings is 2. The molecule has 1 unspecified atom stereocenters. The average molecular weight is 245 g/mol. The molecule has 90 valence electrons. The van der Waals surface area contributed by atoms with Crippen LogP contribution in [0.15, 0.2) is 48.5 Å². The van der Waals surface area contributed by atoms with Crippen molar-refractivity contribution in [2.75, 3.05) is 12.4 Å². The zero-order valence-corrected chi connectivity index (χ0v) is 11.9. The van der Waals surface area contributed by atoms with Crippen LogP contribution in [0, 0.1) is 0 Å². The predicted molar refractivity (Wildman–Crippen MR) is 82.1 cm³/mol. The Morgan fingerprint density at radius 2 is 1.35 bits per heavy atom. The lowest BCUT2D eigenvalue weighted by molar-refractivity contribution is 1.50. The summed E-state index contributed by atoms with van der Waals surface area (Å²) in [6, 6.07) is 16.7. The van der Waals surface area contributed by atoms with Gasteiger partial charge >= 0.3 is 0 Å². The molecule has 0 spiro atoms. The lowest BCUT2D eigenvalue weighted by atomic mass is 10.0. The highest BCUT2D eigenvalue weighted by atomic mass is 31.0. The highest BCUT2D eigenvalue weighted by molar-refractivity contribution is 7.28. The first-order valence-electron chi connectivity index (χ1n) is 5.94. The average Bonchev–Trinajstić information content (AvgIpc) is 2.41. The second-order valence-corrected chi connectivity index (χ2v) is 4.00. The lowest BCUT2D eigenvalue weighted by Crippen LogP contribution is -1.98. The van der Waals surface area contributed by atoms with E-state index in [9.17, 15) is 0 Å². The maximum atomic E-state index is 3.21. The predicted octanol–water partition coefficient (Wildman–Crippen LogP) is 3.92. The van der Waals surface area contributed by atoms with Gasteiger partial charge in [-0.25, -0.2) is 0 Å². The van der Waals surface area contributed by atoms with E-state index in [0.29, 0.717) is 0 Å². The van der Waals surface area contributed by atoms with E-state index in [1.807, 2.05) is 33.0 Å². The fraction of sp³-hybridized carbons (Fsp3) is 0.200. The van der Waals surface area contributed by atoms with Gasteiger partial charge in [-0.2, -0.15) is 0 Å². The quantitative estimate of drug-likeness (QED) is 0.791. The smallest absolute Gasteiger partial charge is 0.0417 e. The van der Waals surface area contributed by atoms with Crippen LogP contribution in [0.4, 0.5) is 5.69 Å². The van der Waals surface area contributed by atoms with Gasteiger partial charge in [0.15, 0.2) is 0 Å². The van der Waals surface area contributed by atoms with Crippen LogP contribution in [-0.2, 0) is 0 Å². The molecule has 2 aromatic carbocycles. The first-order valence-corrected chi connectivity index (χ1v) is 6.52. The van der Waals surface area contributed by atoms with Gasteiger partial charge in [0.2, 0.25) is 0 Å². The molecule has 0 saturated carbocycles. The minimum Gasteiger partial charge on any atom is -0.388 e. The minimum absolute atomic E-state index is 1.16. The molecular formula is C15H20NP. The molecule has 0 aliphatic heterocycles. The highest BCUT2D eigenvalue weighted by Gasteiger charge is 2.04. The molecule has 1 atom stereocenters. The van der Waals surface area contributed by atoms with E-state index in [0.717, 1.165) is 5.69 Å². The van der Waals surface area contributed by atoms with Crippen LogP contribution in [0.2, 0.25) is 0 Å². The minimum atomic E-state index is 1.16. The van der Waals surface area contributed by atoms with Gasteiger partial charge in [0.1, 0.15) is 0 Å². The molecule has 1 nitrogen and oxygen atoms in total. The summed E-state index contributed by atoms with van der Waals surface area (Å²) in [6.45, 7) is 4.00. The van der Waals surface area contributed by atoms with Crippen molar-refractivity contribution in [3.05, 3.63) is 48.5 Å². The van der Waals surface area contributed by atoms with E-state index in [1.54, 1.807) is 0 Å². The Balaban J connectivity index is 0.000000686. The van der Waals surface area contributed by atoms with Gasteiger partial charge in [-0.3, -0.25) is 0 Å². The van der Waals surface area contributed by atoms with E-state index >= 15 is 0 Å². The largest absolute Gasteiger partial charge is 0.388 e. The number of hydrogen-bond acceptors (Lipinski definition) is 1. The molecule has 1 N–H and O–H groups in total. The van der Waals surface area contributed by atoms with Crippen LogP contribution in [-0.4, -0.2) is 7.05 Å². The SMILES string of the molecule is CC.CNc1ccccc1-c1ccccc1P. The van der Waals surface area contributed by atoms with Crippen LogP contribution in [0.1, 0.15) is 13.8 Å². The van der Waals surface area contributed by atoms with E-state index < -0.39 is 0 Å². The highest BCUT2D eigenvalue weighted by Crippen LogP contribution is 2.26. The van der Waals surface area contributed by atoms with Crippen molar-refractivity contribution < 1.29 is 0 Å². The van der Waals surface area contributed by atoms with Crippen molar-refractivity contribution >= 4 is 20.2 Å². The summed E-state index contributed by atoms with van der Waals surface area (Å²) in [6.07, 6.45) is 0. The zero-order chi connectivity index (χ0) is 12.7. The fourth-order valence-corrected chi connectivity index (χ4v) is 2.04. The Morgan fingerprint density at radius 1 is 0.824 bits per heavy atom. The standard InChI is InChI=1S/C13H14NP.C2H6/c1-14-12-8-4-2-6-10(12)11-7-3-5-9-13(11)15;1-2/h2-9,14H,15H2,1H3;1-2H3. The van der Waals surface area contributed by atoms with Gasteiger partial charge in [-0.1, -0.05) is 56.3 Å². The molecule has 0 aliphatic carbocycles. The molecule has 17 heavy (non-hydrogen) atoms. The molecule has 0 radical (unpaired) electrons. The summed E-state index contributed by atoms with van der Waals surface area (Å²) in [4.78, 5) is 0. The van der Waals surface area contributed by atoms with Crippen molar-refractivity contribution in [3.8, 4) is 11.1 Å². The zero-order valence-electron chi connectivity index (χ0n) is 10.7. The fourth-order valence-electron chi connectivity index (χ4n) is 1.68. The normalized spacial score (nSPS) is 9.18. The van der Waals surface area contributed by atoms with Gasteiger partial charge < -0.3 is 5.32 Å². The molecule has 0 fully saturated rings. The second-order valence-electron chi connectivity index (χ2n) is 3.38. The second kappa shape index (κ2) is 7.09. The number of nitrogens with one attached hydrogen (secondary N) is 1. The molecule has 0 saturated heterocycles. The third kappa shape index (κ3) is 3.31. The Morgan fingerprint density at radius 3 is 1.94 bits per heavy atom. The van der Waals surface area contributed by atoms with Crippen LogP contribution < -0.4 is 10.6 Å². The van der Waals surface area contributed by atoms with Crippen molar-refractivity contribution in [1.29, 1.82) is 0 Å². The third-order valence-electron chi connectivity index (χ3n) is 2.45. The Bertz CT molecular complexity index is 466. The van der Waals surface area contributed by atoms with Crippen molar-refractivity contribution in [3.63, 3.8) is 0 Å². The van der Waals surface area contributed by atoms with E-state index in [1.165, 1.54) is 16.4 Å². The maximum Gasteiger partial charge on any atom is 0.0417 e. The molecule has 2 heteroatoms. The first kappa shape index (κ1) is 13.7. The molecule has 0 aromatic heterocycles. The molecule has 2 aromatic rings. The van der Waals surface area contributed by atoms with Crippen LogP contribution in [0.5, 0.6) is 0 Å². The van der Waals surface area contributed by atoms with Crippen LogP contribution >= 0.6 is 9.24 Å². The van der Waals surface area contributed by atoms with E-state index in [2.05, 4.69) is 51.0 Å². The van der Waals surface area contributed by atoms with Crippen molar-refractivity contribution in [2.24, 2.45) is 0 Å². The molecule has 0 amide bonds. The monoisotopic (exact) mass is 245 g/mol. The van der Waals surface area contributed by atoms with Crippen LogP contribution in [0.25, 0.3) is 11.1 Å². The molecular weight excluding hydrogens is 225 g/mol. The van der Waals surface area contributed by atoms with Gasteiger partial charge in [-0.05, 0) is 16.9 Å². The Labute approximate surface area is 106 Å². The number of rotatable bonds is 2. The van der Waals surface area contributed by atoms with Gasteiger partial charge in [0.05, 0.1) is 0 Å².